The number of carbonyl (C=O) groups excluding carboxylic acids is 2. The van der Waals surface area contributed by atoms with Crippen molar-refractivity contribution in [1.29, 1.82) is 0 Å². The van der Waals surface area contributed by atoms with Gasteiger partial charge >= 0.3 is 0 Å². The molecule has 26 heavy (non-hydrogen) atoms. The molecule has 2 saturated heterocycles. The lowest BCUT2D eigenvalue weighted by Gasteiger charge is -2.38. The maximum absolute atomic E-state index is 13.4. The van der Waals surface area contributed by atoms with Crippen LogP contribution in [0, 0.1) is 11.8 Å². The Morgan fingerprint density at radius 3 is 2.54 bits per heavy atom. The second-order valence-electron chi connectivity index (χ2n) is 7.69. The second kappa shape index (κ2) is 8.26. The molecule has 2 heterocycles. The van der Waals surface area contributed by atoms with E-state index in [4.69, 9.17) is 11.6 Å². The number of amides is 2. The highest BCUT2D eigenvalue weighted by Crippen LogP contribution is 2.34. The van der Waals surface area contributed by atoms with Crippen LogP contribution in [0.4, 0.5) is 0 Å². The molecule has 1 aliphatic carbocycles. The third-order valence-corrected chi connectivity index (χ3v) is 5.84. The summed E-state index contributed by atoms with van der Waals surface area (Å²) in [7, 11) is 1.61. The summed E-state index contributed by atoms with van der Waals surface area (Å²) in [6, 6.07) is -0.866. The van der Waals surface area contributed by atoms with Crippen LogP contribution < -0.4 is 22.2 Å². The quantitative estimate of drug-likeness (QED) is 0.372. The van der Waals surface area contributed by atoms with E-state index >= 15 is 0 Å². The van der Waals surface area contributed by atoms with Crippen LogP contribution in [0.1, 0.15) is 38.5 Å². The number of rotatable bonds is 6. The van der Waals surface area contributed by atoms with Crippen molar-refractivity contribution in [3.8, 4) is 0 Å². The van der Waals surface area contributed by atoms with E-state index in [0.29, 0.717) is 18.9 Å². The fraction of sp³-hybridized carbons (Fsp3) is 0.778. The first-order chi connectivity index (χ1) is 12.5. The van der Waals surface area contributed by atoms with Crippen LogP contribution in [0.3, 0.4) is 0 Å². The highest BCUT2D eigenvalue weighted by atomic mass is 16.2. The molecule has 0 aromatic carbocycles. The monoisotopic (exact) mass is 364 g/mol. The summed E-state index contributed by atoms with van der Waals surface area (Å²) in [5.74, 6) is 6.75. The number of hydrogen-bond acceptors (Lipinski definition) is 6. The molecular weight excluding hydrogens is 332 g/mol. The molecule has 3 aliphatic rings. The van der Waals surface area contributed by atoms with Crippen molar-refractivity contribution < 1.29 is 9.59 Å². The number of hydrogen-bond donors (Lipinski definition) is 4. The highest BCUT2D eigenvalue weighted by molar-refractivity contribution is 5.90. The van der Waals surface area contributed by atoms with Crippen LogP contribution in [-0.2, 0) is 9.59 Å². The zero-order valence-corrected chi connectivity index (χ0v) is 15.6. The van der Waals surface area contributed by atoms with Crippen LogP contribution >= 0.6 is 0 Å². The predicted molar refractivity (Wildman–Crippen MR) is 99.2 cm³/mol. The molecule has 2 amide bonds. The number of piperidine rings is 1. The summed E-state index contributed by atoms with van der Waals surface area (Å²) in [6.45, 7) is 2.36. The lowest BCUT2D eigenvalue weighted by molar-refractivity contribution is -0.143. The van der Waals surface area contributed by atoms with Crippen molar-refractivity contribution in [3.05, 3.63) is 11.9 Å². The summed E-state index contributed by atoms with van der Waals surface area (Å²) >= 11 is 0. The largest absolute Gasteiger partial charge is 0.401 e. The summed E-state index contributed by atoms with van der Waals surface area (Å²) < 4.78 is 0. The number of likely N-dealkylation sites (N-methyl/N-ethyl adjacent to an activating group) is 1. The van der Waals surface area contributed by atoms with Gasteiger partial charge in [0.15, 0.2) is 0 Å². The first kappa shape index (κ1) is 19.0. The van der Waals surface area contributed by atoms with Crippen LogP contribution in [0.5, 0.6) is 0 Å². The van der Waals surface area contributed by atoms with Gasteiger partial charge in [-0.1, -0.05) is 0 Å². The van der Waals surface area contributed by atoms with Gasteiger partial charge in [-0.3, -0.25) is 9.59 Å². The number of carbonyl (C=O) groups is 2. The average molecular weight is 364 g/mol. The van der Waals surface area contributed by atoms with Crippen molar-refractivity contribution in [2.75, 3.05) is 26.7 Å². The molecule has 2 unspecified atom stereocenters. The molecule has 8 heteroatoms. The number of allylic oxidation sites excluding steroid dienone is 1. The van der Waals surface area contributed by atoms with Gasteiger partial charge in [0.1, 0.15) is 12.1 Å². The number of nitrogens with two attached hydrogens (primary N) is 2. The van der Waals surface area contributed by atoms with E-state index in [1.807, 2.05) is 0 Å². The Hall–Kier alpha value is -1.80. The highest BCUT2D eigenvalue weighted by Gasteiger charge is 2.41. The predicted octanol–water partition coefficient (Wildman–Crippen LogP) is -0.523. The zero-order chi connectivity index (χ0) is 18.7. The second-order valence-corrected chi connectivity index (χ2v) is 7.69. The number of hydrazine groups is 1. The van der Waals surface area contributed by atoms with E-state index in [9.17, 15) is 9.59 Å². The van der Waals surface area contributed by atoms with E-state index in [0.717, 1.165) is 50.9 Å². The molecule has 0 aromatic heterocycles. The van der Waals surface area contributed by atoms with Crippen LogP contribution in [0.25, 0.3) is 0 Å². The lowest BCUT2D eigenvalue weighted by Crippen LogP contribution is -2.57. The summed E-state index contributed by atoms with van der Waals surface area (Å²) in [5.41, 5.74) is 6.89. The van der Waals surface area contributed by atoms with Gasteiger partial charge < -0.3 is 26.3 Å². The molecule has 146 valence electrons. The van der Waals surface area contributed by atoms with Crippen molar-refractivity contribution >= 4 is 11.8 Å². The van der Waals surface area contributed by atoms with Gasteiger partial charge in [-0.25, -0.2) is 5.84 Å². The molecule has 0 radical (unpaired) electrons. The van der Waals surface area contributed by atoms with Crippen molar-refractivity contribution in [2.45, 2.75) is 50.6 Å². The topological polar surface area (TPSA) is 117 Å². The molecule has 3 fully saturated rings. The number of nitrogens with zero attached hydrogens (tertiary/aromatic N) is 2. The van der Waals surface area contributed by atoms with Crippen molar-refractivity contribution in [3.63, 3.8) is 0 Å². The molecule has 0 aromatic rings. The minimum Gasteiger partial charge on any atom is -0.401 e. The van der Waals surface area contributed by atoms with Crippen LogP contribution in [0.15, 0.2) is 11.9 Å². The lowest BCUT2D eigenvalue weighted by atomic mass is 9.88. The number of nitrogens with one attached hydrogen (secondary N) is 2. The Labute approximate surface area is 155 Å². The third kappa shape index (κ3) is 4.12. The van der Waals surface area contributed by atoms with E-state index in [2.05, 4.69) is 10.6 Å². The maximum Gasteiger partial charge on any atom is 0.247 e. The Bertz CT molecular complexity index is 556. The molecule has 2 aliphatic heterocycles. The van der Waals surface area contributed by atoms with Gasteiger partial charge in [0, 0.05) is 31.4 Å². The first-order valence-corrected chi connectivity index (χ1v) is 9.76. The fourth-order valence-electron chi connectivity index (χ4n) is 4.15. The molecular formula is C18H32N6O2. The van der Waals surface area contributed by atoms with E-state index < -0.39 is 12.1 Å². The molecule has 0 spiro atoms. The minimum atomic E-state index is -0.473. The summed E-state index contributed by atoms with van der Waals surface area (Å²) in [4.78, 5) is 27.3. The Morgan fingerprint density at radius 2 is 1.92 bits per heavy atom. The van der Waals surface area contributed by atoms with Crippen LogP contribution in [0.2, 0.25) is 0 Å². The first-order valence-electron chi connectivity index (χ1n) is 9.76. The van der Waals surface area contributed by atoms with Gasteiger partial charge in [0.2, 0.25) is 11.8 Å². The Morgan fingerprint density at radius 1 is 1.23 bits per heavy atom. The van der Waals surface area contributed by atoms with E-state index in [1.54, 1.807) is 18.1 Å². The van der Waals surface area contributed by atoms with Gasteiger partial charge in [0.25, 0.3) is 0 Å². The minimum absolute atomic E-state index is 0.0506. The molecule has 3 rings (SSSR count). The average Bonchev–Trinajstić information content (AvgIpc) is 3.39. The van der Waals surface area contributed by atoms with Gasteiger partial charge in [-0.15, -0.1) is 0 Å². The summed E-state index contributed by atoms with van der Waals surface area (Å²) in [6.07, 6.45) is 7.25. The number of likely N-dealkylation sites (tertiary alicyclic amines) is 1. The maximum atomic E-state index is 13.4. The standard InChI is InChI=1S/C18H32N6O2/c1-21-17(25)15-3-2-10-23(15)18(26)16(13-6-8-22-9-7-13)24(20)11-14(19)12-4-5-12/h11-13,15-16,22H,2-10,19-20H2,1H3,(H,21,25)/b14-11-. The third-order valence-electron chi connectivity index (χ3n) is 5.84. The van der Waals surface area contributed by atoms with Crippen molar-refractivity contribution in [2.24, 2.45) is 23.4 Å². The Kier molecular flexibility index (Phi) is 6.03. The van der Waals surface area contributed by atoms with Gasteiger partial charge in [-0.2, -0.15) is 0 Å². The zero-order valence-electron chi connectivity index (χ0n) is 15.6. The molecule has 1 saturated carbocycles. The van der Waals surface area contributed by atoms with Crippen LogP contribution in [-0.4, -0.2) is 60.5 Å². The van der Waals surface area contributed by atoms with E-state index in [-0.39, 0.29) is 17.7 Å². The summed E-state index contributed by atoms with van der Waals surface area (Å²) in [5, 5.41) is 7.53. The molecule has 2 atom stereocenters. The van der Waals surface area contributed by atoms with Crippen molar-refractivity contribution in [1.82, 2.24) is 20.5 Å². The fourth-order valence-corrected chi connectivity index (χ4v) is 4.15. The van der Waals surface area contributed by atoms with E-state index in [1.165, 1.54) is 5.01 Å². The van der Waals surface area contributed by atoms with Gasteiger partial charge in [0.05, 0.1) is 0 Å². The van der Waals surface area contributed by atoms with Gasteiger partial charge in [-0.05, 0) is 57.5 Å². The smallest absolute Gasteiger partial charge is 0.247 e. The SMILES string of the molecule is CNC(=O)C1CCCN1C(=O)C(C1CCNCC1)N(N)/C=C(\N)C1CC1. The Balaban J connectivity index is 1.80. The molecule has 6 N–H and O–H groups in total. The normalized spacial score (nSPS) is 25.8. The molecule has 0 bridgehead atoms. The molecule has 8 nitrogen and oxygen atoms in total.